The largest absolute Gasteiger partial charge is 1.00 e. The summed E-state index contributed by atoms with van der Waals surface area (Å²) in [6.45, 7) is 37.9. The highest BCUT2D eigenvalue weighted by atomic mass is 16.4. The van der Waals surface area contributed by atoms with Crippen molar-refractivity contribution in [2.45, 2.75) is 175 Å². The smallest absolute Gasteiger partial charge is 0.481 e. The molecule has 410 valence electrons. The molecule has 0 heterocycles. The van der Waals surface area contributed by atoms with Crippen LogP contribution in [0, 0.1) is 0 Å². The molecule has 8 nitrogen and oxygen atoms in total. The van der Waals surface area contributed by atoms with Crippen molar-refractivity contribution < 1.29 is 41.3 Å². The van der Waals surface area contributed by atoms with Crippen LogP contribution in [0.3, 0.4) is 0 Å². The average molecular weight is 1010 g/mol. The Morgan fingerprint density at radius 3 is 0.616 bits per heavy atom. The van der Waals surface area contributed by atoms with E-state index in [1.54, 1.807) is 51.1 Å². The predicted octanol–water partition coefficient (Wildman–Crippen LogP) is 18.8. The van der Waals surface area contributed by atoms with Crippen molar-refractivity contribution in [1.29, 1.82) is 0 Å². The normalized spacial score (nSPS) is 10.2. The van der Waals surface area contributed by atoms with E-state index < -0.39 is 35.8 Å². The number of benzene rings is 6. The third-order valence-electron chi connectivity index (χ3n) is 8.90. The zero-order chi connectivity index (χ0) is 56.9. The Hall–Kier alpha value is -6.35. The maximum atomic E-state index is 10.5. The van der Waals surface area contributed by atoms with E-state index in [4.69, 9.17) is 25.5 Å². The molecule has 0 fully saturated rings. The van der Waals surface area contributed by atoms with Gasteiger partial charge in [-0.05, 0) is 66.0 Å². The van der Waals surface area contributed by atoms with E-state index in [-0.39, 0.29) is 15.0 Å². The number of aliphatic hydroxyl groups is 2. The maximum Gasteiger partial charge on any atom is 1.00 e. The molecular formula is C65H103O8+. The molecule has 5 N–H and O–H groups in total. The summed E-state index contributed by atoms with van der Waals surface area (Å²) in [6.07, 6.45) is -1.75. The molecule has 6 aromatic carbocycles. The highest BCUT2D eigenvalue weighted by Crippen LogP contribution is 2.16. The van der Waals surface area contributed by atoms with Crippen molar-refractivity contribution in [1.82, 2.24) is 0 Å². The summed E-state index contributed by atoms with van der Waals surface area (Å²) in [4.78, 5) is 31.2. The van der Waals surface area contributed by atoms with E-state index in [2.05, 4.69) is 76.2 Å². The fourth-order valence-corrected chi connectivity index (χ4v) is 4.95. The average Bonchev–Trinajstić information content (AvgIpc) is 3.45. The van der Waals surface area contributed by atoms with Gasteiger partial charge in [-0.25, -0.2) is 4.79 Å². The quantitative estimate of drug-likeness (QED) is 0.0960. The molecule has 6 aromatic rings. The third-order valence-corrected chi connectivity index (χ3v) is 8.90. The molecule has 0 aliphatic carbocycles. The van der Waals surface area contributed by atoms with Crippen LogP contribution in [0.4, 0.5) is 0 Å². The number of carboxylic acids is 3. The van der Waals surface area contributed by atoms with Gasteiger partial charge in [0.2, 0.25) is 0 Å². The minimum absolute atomic E-state index is 0. The van der Waals surface area contributed by atoms with Gasteiger partial charge < -0.3 is 25.5 Å². The van der Waals surface area contributed by atoms with E-state index in [1.165, 1.54) is 11.1 Å². The van der Waals surface area contributed by atoms with Crippen molar-refractivity contribution >= 4 is 17.9 Å². The van der Waals surface area contributed by atoms with Crippen molar-refractivity contribution in [2.75, 3.05) is 0 Å². The van der Waals surface area contributed by atoms with Crippen LogP contribution in [0.2, 0.25) is 0 Å². The number of carbonyl (C=O) groups is 3. The van der Waals surface area contributed by atoms with Crippen LogP contribution < -0.4 is 0 Å². The Kier molecular flexibility index (Phi) is 64.4. The number of hydrogen-bond donors (Lipinski definition) is 5. The second-order valence-electron chi connectivity index (χ2n) is 14.3. The Balaban J connectivity index is -0.000000112. The summed E-state index contributed by atoms with van der Waals surface area (Å²) in [6, 6.07) is 57.3. The monoisotopic (exact) mass is 1010 g/mol. The van der Waals surface area contributed by atoms with Gasteiger partial charge in [-0.3, -0.25) is 9.59 Å². The fraction of sp³-hybridized carbons (Fsp3) is 0.400. The number of aliphatic hydroxyl groups excluding tert-OH is 2. The lowest BCUT2D eigenvalue weighted by Crippen LogP contribution is -2.09. The summed E-state index contributed by atoms with van der Waals surface area (Å²) < 4.78 is 0. The van der Waals surface area contributed by atoms with Gasteiger partial charge in [-0.2, -0.15) is 0 Å². The number of aliphatic carboxylic acids is 3. The SMILES string of the molecule is C.CC.CC.CC.CC.CC.CC.CC(C(=O)O)c1ccccc1.CC(C(=O)O)c1ccccc1.CC(C)c1ccccc1.CC(C)c1ccccc1.CC(O)c1ccccc1.O=C(O)C(O)c1ccccc1.[H+]. The lowest BCUT2D eigenvalue weighted by molar-refractivity contribution is -0.147. The first kappa shape index (κ1) is 80.7. The molecule has 0 aliphatic rings. The van der Waals surface area contributed by atoms with Crippen molar-refractivity contribution in [2.24, 2.45) is 0 Å². The summed E-state index contributed by atoms with van der Waals surface area (Å²) in [7, 11) is 0. The number of rotatable bonds is 9. The highest BCUT2D eigenvalue weighted by molar-refractivity contribution is 5.76. The molecule has 0 amide bonds. The van der Waals surface area contributed by atoms with Crippen LogP contribution in [0.25, 0.3) is 0 Å². The van der Waals surface area contributed by atoms with E-state index >= 15 is 0 Å². The van der Waals surface area contributed by atoms with Gasteiger partial charge >= 0.3 is 19.3 Å². The van der Waals surface area contributed by atoms with E-state index in [9.17, 15) is 14.4 Å². The second kappa shape index (κ2) is 58.2. The van der Waals surface area contributed by atoms with Gasteiger partial charge in [-0.15, -0.1) is 0 Å². The van der Waals surface area contributed by atoms with E-state index in [1.807, 2.05) is 186 Å². The summed E-state index contributed by atoms with van der Waals surface area (Å²) in [5.74, 6) is -2.28. The summed E-state index contributed by atoms with van der Waals surface area (Å²) in [5, 5.41) is 43.7. The minimum atomic E-state index is -1.41. The zero-order valence-electron chi connectivity index (χ0n) is 48.7. The summed E-state index contributed by atoms with van der Waals surface area (Å²) >= 11 is 0. The number of hydrogen-bond acceptors (Lipinski definition) is 5. The van der Waals surface area contributed by atoms with Crippen LogP contribution in [0.5, 0.6) is 0 Å². The molecule has 0 saturated heterocycles. The van der Waals surface area contributed by atoms with Gasteiger partial charge in [-0.1, -0.05) is 300 Å². The molecular weight excluding hydrogens is 909 g/mol. The van der Waals surface area contributed by atoms with E-state index in [0.29, 0.717) is 17.4 Å². The van der Waals surface area contributed by atoms with Crippen LogP contribution in [-0.4, -0.2) is 43.4 Å². The molecule has 0 spiro atoms. The lowest BCUT2D eigenvalue weighted by Gasteiger charge is -2.04. The lowest BCUT2D eigenvalue weighted by atomic mass is 10.0. The van der Waals surface area contributed by atoms with Gasteiger partial charge in [0.05, 0.1) is 17.9 Å². The van der Waals surface area contributed by atoms with Crippen molar-refractivity contribution in [3.8, 4) is 0 Å². The molecule has 8 heteroatoms. The van der Waals surface area contributed by atoms with Gasteiger partial charge in [0.25, 0.3) is 0 Å². The van der Waals surface area contributed by atoms with Gasteiger partial charge in [0, 0.05) is 0 Å². The first-order valence-corrected chi connectivity index (χ1v) is 25.9. The zero-order valence-corrected chi connectivity index (χ0v) is 47.7. The van der Waals surface area contributed by atoms with Crippen LogP contribution in [0.1, 0.15) is 210 Å². The Bertz CT molecular complexity index is 1760. The van der Waals surface area contributed by atoms with Gasteiger partial charge in [0.1, 0.15) is 0 Å². The summed E-state index contributed by atoms with van der Waals surface area (Å²) in [5.41, 5.74) is 5.90. The first-order valence-electron chi connectivity index (χ1n) is 25.9. The highest BCUT2D eigenvalue weighted by Gasteiger charge is 2.14. The first-order chi connectivity index (χ1) is 34.6. The Morgan fingerprint density at radius 1 is 0.301 bits per heavy atom. The Labute approximate surface area is 447 Å². The minimum Gasteiger partial charge on any atom is -0.481 e. The molecule has 4 atom stereocenters. The topological polar surface area (TPSA) is 152 Å². The second-order valence-corrected chi connectivity index (χ2v) is 14.3. The number of carboxylic acid groups (broad SMARTS) is 3. The predicted molar refractivity (Wildman–Crippen MR) is 318 cm³/mol. The molecule has 0 radical (unpaired) electrons. The van der Waals surface area contributed by atoms with Crippen molar-refractivity contribution in [3.05, 3.63) is 215 Å². The maximum absolute atomic E-state index is 10.5. The standard InChI is InChI=1S/2C9H10O2.2C9H12.C8H8O3.C8H10O.6C2H6.CH4/c2*1-7(9(10)11)8-5-3-2-4-6-8;2*1-8(2)9-6-4-3-5-7-9;9-7(8(10)11)6-4-2-1-3-5-6;1-7(9)8-5-3-2-4-6-8;6*1-2;/h2*2-7H,1H3,(H,10,11);2*3-8H,1-2H3;1-5,7,9H,(H,10,11);2-7,9H,1H3;6*1-2H3;1H4/p+1. The third kappa shape index (κ3) is 44.1. The van der Waals surface area contributed by atoms with Crippen LogP contribution >= 0.6 is 0 Å². The van der Waals surface area contributed by atoms with Crippen molar-refractivity contribution in [3.63, 3.8) is 0 Å². The molecule has 0 aliphatic heterocycles. The van der Waals surface area contributed by atoms with E-state index in [0.717, 1.165) is 16.7 Å². The Morgan fingerprint density at radius 2 is 0.479 bits per heavy atom. The molecule has 0 aromatic heterocycles. The molecule has 0 saturated carbocycles. The molecule has 6 rings (SSSR count). The molecule has 0 bridgehead atoms. The van der Waals surface area contributed by atoms with Crippen LogP contribution in [-0.2, 0) is 14.4 Å². The molecule has 73 heavy (non-hydrogen) atoms. The van der Waals surface area contributed by atoms with Crippen LogP contribution in [0.15, 0.2) is 182 Å². The van der Waals surface area contributed by atoms with Gasteiger partial charge in [0.15, 0.2) is 6.10 Å². The fourth-order valence-electron chi connectivity index (χ4n) is 4.95. The molecule has 4 unspecified atom stereocenters.